The summed E-state index contributed by atoms with van der Waals surface area (Å²) in [6, 6.07) is 1.69. The van der Waals surface area contributed by atoms with Crippen LogP contribution in [0, 0.1) is 17.6 Å². The standard InChI is InChI=1S/C12H16F2N2O3S/c13-9-3-4-10(11(14)12(9)15)20(17,18)16-6-8-2-1-5-19-7-8/h3-4,8,16H,1-2,5-7,15H2. The first-order valence-corrected chi connectivity index (χ1v) is 7.71. The Morgan fingerprint density at radius 2 is 2.15 bits per heavy atom. The van der Waals surface area contributed by atoms with E-state index in [0.29, 0.717) is 13.2 Å². The fourth-order valence-electron chi connectivity index (χ4n) is 2.03. The van der Waals surface area contributed by atoms with Crippen molar-refractivity contribution in [2.45, 2.75) is 17.7 Å². The molecule has 3 N–H and O–H groups in total. The van der Waals surface area contributed by atoms with Gasteiger partial charge in [0.1, 0.15) is 16.4 Å². The van der Waals surface area contributed by atoms with Gasteiger partial charge in [0.15, 0.2) is 5.82 Å². The van der Waals surface area contributed by atoms with Gasteiger partial charge in [0.25, 0.3) is 0 Å². The number of ether oxygens (including phenoxy) is 1. The molecule has 0 aromatic heterocycles. The van der Waals surface area contributed by atoms with Crippen molar-refractivity contribution in [2.75, 3.05) is 25.5 Å². The minimum absolute atomic E-state index is 0.0550. The number of hydrogen-bond donors (Lipinski definition) is 2. The molecule has 0 amide bonds. The van der Waals surface area contributed by atoms with Gasteiger partial charge >= 0.3 is 0 Å². The Balaban J connectivity index is 2.12. The lowest BCUT2D eigenvalue weighted by Gasteiger charge is -2.22. The Hall–Kier alpha value is -1.25. The number of nitrogens with two attached hydrogens (primary N) is 1. The number of sulfonamides is 1. The smallest absolute Gasteiger partial charge is 0.243 e. The Morgan fingerprint density at radius 3 is 2.80 bits per heavy atom. The zero-order valence-corrected chi connectivity index (χ0v) is 11.6. The van der Waals surface area contributed by atoms with Crippen molar-refractivity contribution >= 4 is 15.7 Å². The van der Waals surface area contributed by atoms with E-state index in [0.717, 1.165) is 25.0 Å². The molecule has 1 fully saturated rings. The van der Waals surface area contributed by atoms with Crippen molar-refractivity contribution in [2.24, 2.45) is 5.92 Å². The Bertz CT molecular complexity index is 587. The monoisotopic (exact) mass is 306 g/mol. The lowest BCUT2D eigenvalue weighted by atomic mass is 10.0. The number of nitrogen functional groups attached to an aromatic ring is 1. The Morgan fingerprint density at radius 1 is 1.40 bits per heavy atom. The molecule has 5 nitrogen and oxygen atoms in total. The second kappa shape index (κ2) is 6.02. The van der Waals surface area contributed by atoms with Gasteiger partial charge in [-0.05, 0) is 30.9 Å². The molecule has 0 aliphatic carbocycles. The molecule has 1 atom stereocenters. The van der Waals surface area contributed by atoms with Gasteiger partial charge in [0.05, 0.1) is 6.61 Å². The number of anilines is 1. The van der Waals surface area contributed by atoms with Gasteiger partial charge in [-0.1, -0.05) is 0 Å². The fourth-order valence-corrected chi connectivity index (χ4v) is 3.23. The van der Waals surface area contributed by atoms with Crippen molar-refractivity contribution < 1.29 is 21.9 Å². The van der Waals surface area contributed by atoms with E-state index in [1.165, 1.54) is 0 Å². The minimum Gasteiger partial charge on any atom is -0.394 e. The van der Waals surface area contributed by atoms with Gasteiger partial charge in [-0.2, -0.15) is 0 Å². The van der Waals surface area contributed by atoms with Crippen LogP contribution in [-0.4, -0.2) is 28.2 Å². The van der Waals surface area contributed by atoms with Crippen molar-refractivity contribution in [1.29, 1.82) is 0 Å². The maximum Gasteiger partial charge on any atom is 0.243 e. The predicted molar refractivity (Wildman–Crippen MR) is 69.5 cm³/mol. The highest BCUT2D eigenvalue weighted by atomic mass is 32.2. The van der Waals surface area contributed by atoms with Crippen LogP contribution in [0.4, 0.5) is 14.5 Å². The van der Waals surface area contributed by atoms with Gasteiger partial charge in [-0.3, -0.25) is 0 Å². The van der Waals surface area contributed by atoms with Crippen molar-refractivity contribution in [3.05, 3.63) is 23.8 Å². The van der Waals surface area contributed by atoms with E-state index in [2.05, 4.69) is 4.72 Å². The van der Waals surface area contributed by atoms with Gasteiger partial charge in [-0.15, -0.1) is 0 Å². The summed E-state index contributed by atoms with van der Waals surface area (Å²) in [5, 5.41) is 0. The zero-order valence-electron chi connectivity index (χ0n) is 10.7. The molecule has 0 radical (unpaired) electrons. The molecule has 2 rings (SSSR count). The molecular formula is C12H16F2N2O3S. The third kappa shape index (κ3) is 3.25. The molecule has 1 aliphatic heterocycles. The summed E-state index contributed by atoms with van der Waals surface area (Å²) in [5.74, 6) is -2.20. The Kier molecular flexibility index (Phi) is 4.56. The molecule has 1 saturated heterocycles. The lowest BCUT2D eigenvalue weighted by molar-refractivity contribution is 0.0568. The third-order valence-electron chi connectivity index (χ3n) is 3.20. The van der Waals surface area contributed by atoms with E-state index >= 15 is 0 Å². The van der Waals surface area contributed by atoms with E-state index in [1.54, 1.807) is 0 Å². The van der Waals surface area contributed by atoms with Crippen LogP contribution in [-0.2, 0) is 14.8 Å². The molecule has 1 heterocycles. The first-order valence-electron chi connectivity index (χ1n) is 6.22. The molecule has 1 aliphatic rings. The first-order chi connectivity index (χ1) is 9.42. The molecule has 1 aromatic rings. The number of halogens is 2. The normalized spacial score (nSPS) is 20.0. The quantitative estimate of drug-likeness (QED) is 0.820. The first kappa shape index (κ1) is 15.1. The van der Waals surface area contributed by atoms with Crippen molar-refractivity contribution in [1.82, 2.24) is 4.72 Å². The zero-order chi connectivity index (χ0) is 14.8. The maximum absolute atomic E-state index is 13.7. The number of benzene rings is 1. The summed E-state index contributed by atoms with van der Waals surface area (Å²) in [6.07, 6.45) is 1.71. The van der Waals surface area contributed by atoms with Crippen LogP contribution in [0.25, 0.3) is 0 Å². The second-order valence-corrected chi connectivity index (χ2v) is 6.44. The summed E-state index contributed by atoms with van der Waals surface area (Å²) in [5.41, 5.74) is 4.36. The van der Waals surface area contributed by atoms with Crippen LogP contribution in [0.5, 0.6) is 0 Å². The number of hydrogen-bond acceptors (Lipinski definition) is 4. The minimum atomic E-state index is -4.06. The van der Waals surface area contributed by atoms with Crippen LogP contribution < -0.4 is 10.5 Å². The average molecular weight is 306 g/mol. The molecule has 0 spiro atoms. The predicted octanol–water partition coefficient (Wildman–Crippen LogP) is 1.25. The molecule has 1 unspecified atom stereocenters. The Labute approximate surface area is 116 Å². The van der Waals surface area contributed by atoms with E-state index in [1.807, 2.05) is 0 Å². The van der Waals surface area contributed by atoms with Crippen LogP contribution in [0.3, 0.4) is 0 Å². The van der Waals surface area contributed by atoms with Crippen LogP contribution in [0.1, 0.15) is 12.8 Å². The second-order valence-electron chi connectivity index (χ2n) is 4.71. The molecular weight excluding hydrogens is 290 g/mol. The van der Waals surface area contributed by atoms with E-state index in [9.17, 15) is 17.2 Å². The van der Waals surface area contributed by atoms with Crippen LogP contribution >= 0.6 is 0 Å². The summed E-state index contributed by atoms with van der Waals surface area (Å²) < 4.78 is 58.3. The van der Waals surface area contributed by atoms with Crippen molar-refractivity contribution in [3.63, 3.8) is 0 Å². The molecule has 0 bridgehead atoms. The summed E-state index contributed by atoms with van der Waals surface area (Å²) in [7, 11) is -4.06. The fraction of sp³-hybridized carbons (Fsp3) is 0.500. The van der Waals surface area contributed by atoms with Crippen LogP contribution in [0.15, 0.2) is 17.0 Å². The van der Waals surface area contributed by atoms with E-state index in [4.69, 9.17) is 10.5 Å². The van der Waals surface area contributed by atoms with E-state index in [-0.39, 0.29) is 12.5 Å². The molecule has 0 saturated carbocycles. The van der Waals surface area contributed by atoms with Gasteiger partial charge in [0, 0.05) is 13.2 Å². The summed E-state index contributed by atoms with van der Waals surface area (Å²) in [6.45, 7) is 1.29. The largest absolute Gasteiger partial charge is 0.394 e. The molecule has 8 heteroatoms. The highest BCUT2D eigenvalue weighted by molar-refractivity contribution is 7.89. The molecule has 112 valence electrons. The van der Waals surface area contributed by atoms with Crippen molar-refractivity contribution in [3.8, 4) is 0 Å². The van der Waals surface area contributed by atoms with Gasteiger partial charge in [-0.25, -0.2) is 21.9 Å². The third-order valence-corrected chi connectivity index (χ3v) is 4.64. The topological polar surface area (TPSA) is 81.4 Å². The summed E-state index contributed by atoms with van der Waals surface area (Å²) in [4.78, 5) is -0.645. The van der Waals surface area contributed by atoms with E-state index < -0.39 is 32.2 Å². The molecule has 20 heavy (non-hydrogen) atoms. The van der Waals surface area contributed by atoms with Gasteiger partial charge < -0.3 is 10.5 Å². The number of nitrogens with one attached hydrogen (secondary N) is 1. The van der Waals surface area contributed by atoms with Crippen LogP contribution in [0.2, 0.25) is 0 Å². The average Bonchev–Trinajstić information content (AvgIpc) is 2.44. The lowest BCUT2D eigenvalue weighted by Crippen LogP contribution is -2.33. The SMILES string of the molecule is Nc1c(F)ccc(S(=O)(=O)NCC2CCCOC2)c1F. The molecule has 1 aromatic carbocycles. The maximum atomic E-state index is 13.7. The van der Waals surface area contributed by atoms with Gasteiger partial charge in [0.2, 0.25) is 10.0 Å². The highest BCUT2D eigenvalue weighted by Crippen LogP contribution is 2.23. The summed E-state index contributed by atoms with van der Waals surface area (Å²) >= 11 is 0. The number of rotatable bonds is 4. The highest BCUT2D eigenvalue weighted by Gasteiger charge is 2.24.